The first kappa shape index (κ1) is 15.9. The minimum Gasteiger partial charge on any atom is -0.490 e. The van der Waals surface area contributed by atoms with Gasteiger partial charge in [0.15, 0.2) is 11.6 Å². The van der Waals surface area contributed by atoms with E-state index in [0.29, 0.717) is 12.3 Å². The Morgan fingerprint density at radius 1 is 1.38 bits per heavy atom. The maximum Gasteiger partial charge on any atom is 0.167 e. The van der Waals surface area contributed by atoms with E-state index in [2.05, 4.69) is 24.3 Å². The summed E-state index contributed by atoms with van der Waals surface area (Å²) < 4.78 is 19.2. The molecule has 0 spiro atoms. The van der Waals surface area contributed by atoms with Crippen LogP contribution < -0.4 is 15.8 Å². The van der Waals surface area contributed by atoms with Crippen molar-refractivity contribution in [3.05, 3.63) is 17.9 Å². The van der Waals surface area contributed by atoms with Gasteiger partial charge in [0.05, 0.1) is 18.0 Å². The monoisotopic (exact) mass is 295 g/mol. The third-order valence-electron chi connectivity index (χ3n) is 4.41. The van der Waals surface area contributed by atoms with Gasteiger partial charge in [0.2, 0.25) is 0 Å². The van der Waals surface area contributed by atoms with Crippen LogP contribution in [0.3, 0.4) is 0 Å². The quantitative estimate of drug-likeness (QED) is 0.759. The van der Waals surface area contributed by atoms with Crippen molar-refractivity contribution in [1.29, 1.82) is 0 Å². The molecule has 0 bridgehead atoms. The standard InChI is InChI=1S/C16H26FN3O/c1-4-8-21-15-10-14(13(18)9-12(15)17)19-11-16(20(2)3)6-5-7-16/h9-10,19H,4-8,11,18H2,1-3H3. The van der Waals surface area contributed by atoms with Crippen molar-refractivity contribution in [1.82, 2.24) is 4.90 Å². The van der Waals surface area contributed by atoms with Gasteiger partial charge in [0, 0.05) is 24.2 Å². The molecule has 0 unspecified atom stereocenters. The van der Waals surface area contributed by atoms with Crippen molar-refractivity contribution in [3.8, 4) is 5.75 Å². The van der Waals surface area contributed by atoms with Crippen LogP contribution in [-0.4, -0.2) is 37.7 Å². The second-order valence-electron chi connectivity index (χ2n) is 6.04. The Kier molecular flexibility index (Phi) is 4.93. The highest BCUT2D eigenvalue weighted by molar-refractivity contribution is 5.68. The molecule has 0 radical (unpaired) electrons. The predicted molar refractivity (Wildman–Crippen MR) is 85.4 cm³/mol. The lowest BCUT2D eigenvalue weighted by atomic mass is 9.75. The molecule has 21 heavy (non-hydrogen) atoms. The van der Waals surface area contributed by atoms with Crippen LogP contribution in [0.1, 0.15) is 32.6 Å². The molecule has 0 aromatic heterocycles. The van der Waals surface area contributed by atoms with E-state index in [1.165, 1.54) is 25.3 Å². The molecular formula is C16H26FN3O. The minimum atomic E-state index is -0.405. The maximum absolute atomic E-state index is 13.8. The normalized spacial score (nSPS) is 16.6. The van der Waals surface area contributed by atoms with Crippen molar-refractivity contribution in [2.24, 2.45) is 0 Å². The number of hydrogen-bond acceptors (Lipinski definition) is 4. The van der Waals surface area contributed by atoms with Crippen molar-refractivity contribution >= 4 is 11.4 Å². The Bertz CT molecular complexity index is 487. The molecule has 0 heterocycles. The van der Waals surface area contributed by atoms with Gasteiger partial charge in [0.1, 0.15) is 0 Å². The number of likely N-dealkylation sites (N-methyl/N-ethyl adjacent to an activating group) is 1. The molecule has 1 aromatic carbocycles. The molecule has 3 N–H and O–H groups in total. The fraction of sp³-hybridized carbons (Fsp3) is 0.625. The van der Waals surface area contributed by atoms with Gasteiger partial charge in [-0.1, -0.05) is 6.92 Å². The van der Waals surface area contributed by atoms with Crippen molar-refractivity contribution in [2.75, 3.05) is 38.3 Å². The fourth-order valence-electron chi connectivity index (χ4n) is 2.67. The zero-order chi connectivity index (χ0) is 15.5. The zero-order valence-corrected chi connectivity index (χ0v) is 13.2. The summed E-state index contributed by atoms with van der Waals surface area (Å²) in [4.78, 5) is 2.26. The first-order chi connectivity index (χ1) is 9.98. The SMILES string of the molecule is CCCOc1cc(NCC2(N(C)C)CCC2)c(N)cc1F. The molecule has 0 atom stereocenters. The summed E-state index contributed by atoms with van der Waals surface area (Å²) in [5.74, 6) is -0.140. The van der Waals surface area contributed by atoms with Crippen LogP contribution in [0.5, 0.6) is 5.75 Å². The van der Waals surface area contributed by atoms with Gasteiger partial charge in [-0.05, 0) is 39.8 Å². The molecule has 1 aromatic rings. The first-order valence-corrected chi connectivity index (χ1v) is 7.61. The lowest BCUT2D eigenvalue weighted by Gasteiger charge is -2.47. The van der Waals surface area contributed by atoms with Crippen LogP contribution in [0.25, 0.3) is 0 Å². The Hall–Kier alpha value is -1.49. The second-order valence-corrected chi connectivity index (χ2v) is 6.04. The average Bonchev–Trinajstić information content (AvgIpc) is 2.38. The largest absolute Gasteiger partial charge is 0.490 e. The highest BCUT2D eigenvalue weighted by atomic mass is 19.1. The highest BCUT2D eigenvalue weighted by Crippen LogP contribution is 2.37. The molecule has 2 rings (SSSR count). The molecule has 4 nitrogen and oxygen atoms in total. The Morgan fingerprint density at radius 3 is 2.62 bits per heavy atom. The summed E-state index contributed by atoms with van der Waals surface area (Å²) in [6.07, 6.45) is 4.44. The van der Waals surface area contributed by atoms with Crippen molar-refractivity contribution < 1.29 is 9.13 Å². The average molecular weight is 295 g/mol. The summed E-state index contributed by atoms with van der Waals surface area (Å²) in [7, 11) is 4.20. The number of nitrogens with two attached hydrogens (primary N) is 1. The van der Waals surface area contributed by atoms with Crippen LogP contribution >= 0.6 is 0 Å². The number of hydrogen-bond donors (Lipinski definition) is 2. The number of anilines is 2. The second kappa shape index (κ2) is 6.52. The van der Waals surface area contributed by atoms with E-state index in [1.807, 2.05) is 6.92 Å². The summed E-state index contributed by atoms with van der Waals surface area (Å²) in [6, 6.07) is 3.00. The smallest absolute Gasteiger partial charge is 0.167 e. The van der Waals surface area contributed by atoms with Gasteiger partial charge in [0.25, 0.3) is 0 Å². The number of ether oxygens (including phenoxy) is 1. The van der Waals surface area contributed by atoms with Gasteiger partial charge in [-0.25, -0.2) is 4.39 Å². The molecule has 0 aliphatic heterocycles. The Labute approximate surface area is 126 Å². The van der Waals surface area contributed by atoms with Crippen LogP contribution in [0, 0.1) is 5.82 Å². The number of nitrogens with zero attached hydrogens (tertiary/aromatic N) is 1. The highest BCUT2D eigenvalue weighted by Gasteiger charge is 2.38. The van der Waals surface area contributed by atoms with Gasteiger partial charge < -0.3 is 20.7 Å². The van der Waals surface area contributed by atoms with Crippen LogP contribution in [0.4, 0.5) is 15.8 Å². The number of rotatable bonds is 7. The third kappa shape index (κ3) is 3.40. The van der Waals surface area contributed by atoms with E-state index >= 15 is 0 Å². The molecule has 1 fully saturated rings. The lowest BCUT2D eigenvalue weighted by Crippen LogP contribution is -2.54. The number of halogens is 1. The van der Waals surface area contributed by atoms with Crippen molar-refractivity contribution in [2.45, 2.75) is 38.1 Å². The Balaban J connectivity index is 2.08. The minimum absolute atomic E-state index is 0.186. The van der Waals surface area contributed by atoms with Crippen LogP contribution in [-0.2, 0) is 0 Å². The van der Waals surface area contributed by atoms with Gasteiger partial charge in [-0.3, -0.25) is 0 Å². The van der Waals surface area contributed by atoms with E-state index in [4.69, 9.17) is 10.5 Å². The Morgan fingerprint density at radius 2 is 2.10 bits per heavy atom. The molecular weight excluding hydrogens is 269 g/mol. The summed E-state index contributed by atoms with van der Waals surface area (Å²) >= 11 is 0. The summed E-state index contributed by atoms with van der Waals surface area (Å²) in [5.41, 5.74) is 7.26. The number of nitrogen functional groups attached to an aromatic ring is 1. The van der Waals surface area contributed by atoms with Gasteiger partial charge in [-0.2, -0.15) is 0 Å². The fourth-order valence-corrected chi connectivity index (χ4v) is 2.67. The molecule has 0 amide bonds. The first-order valence-electron chi connectivity index (χ1n) is 7.61. The van der Waals surface area contributed by atoms with E-state index in [9.17, 15) is 4.39 Å². The van der Waals surface area contributed by atoms with Crippen LogP contribution in [0.2, 0.25) is 0 Å². The maximum atomic E-state index is 13.8. The number of benzene rings is 1. The lowest BCUT2D eigenvalue weighted by molar-refractivity contribution is 0.0739. The zero-order valence-electron chi connectivity index (χ0n) is 13.2. The van der Waals surface area contributed by atoms with E-state index in [-0.39, 0.29) is 11.3 Å². The molecule has 5 heteroatoms. The number of nitrogens with one attached hydrogen (secondary N) is 1. The third-order valence-corrected chi connectivity index (χ3v) is 4.41. The molecule has 118 valence electrons. The molecule has 1 aliphatic rings. The van der Waals surface area contributed by atoms with E-state index < -0.39 is 5.82 Å². The molecule has 1 saturated carbocycles. The van der Waals surface area contributed by atoms with Gasteiger partial charge >= 0.3 is 0 Å². The van der Waals surface area contributed by atoms with Crippen LogP contribution in [0.15, 0.2) is 12.1 Å². The molecule has 0 saturated heterocycles. The van der Waals surface area contributed by atoms with Crippen molar-refractivity contribution in [3.63, 3.8) is 0 Å². The van der Waals surface area contributed by atoms with E-state index in [0.717, 1.165) is 18.7 Å². The van der Waals surface area contributed by atoms with Gasteiger partial charge in [-0.15, -0.1) is 0 Å². The van der Waals surface area contributed by atoms with E-state index in [1.54, 1.807) is 6.07 Å². The predicted octanol–water partition coefficient (Wildman–Crippen LogP) is 3.09. The molecule has 1 aliphatic carbocycles. The summed E-state index contributed by atoms with van der Waals surface area (Å²) in [6.45, 7) is 3.30. The summed E-state index contributed by atoms with van der Waals surface area (Å²) in [5, 5.41) is 3.37. The topological polar surface area (TPSA) is 50.5 Å².